The van der Waals surface area contributed by atoms with Crippen molar-refractivity contribution in [1.29, 1.82) is 0 Å². The van der Waals surface area contributed by atoms with Crippen LogP contribution in [0.3, 0.4) is 0 Å². The van der Waals surface area contributed by atoms with Gasteiger partial charge in [-0.25, -0.2) is 0 Å². The molecule has 0 radical (unpaired) electrons. The Morgan fingerprint density at radius 2 is 0.421 bits per heavy atom. The van der Waals surface area contributed by atoms with Crippen molar-refractivity contribution in [2.45, 2.75) is 158 Å². The number of rotatable bonds is 12. The van der Waals surface area contributed by atoms with Crippen LogP contribution in [-0.4, -0.2) is 18.3 Å². The molecule has 2 heterocycles. The fourth-order valence-electron chi connectivity index (χ4n) is 9.52. The Bertz CT molecular complexity index is 2570. The van der Waals surface area contributed by atoms with E-state index in [-0.39, 0.29) is 63.6 Å². The van der Waals surface area contributed by atoms with Crippen LogP contribution in [0.25, 0.3) is 33.6 Å². The maximum Gasteiger partial charge on any atom is 0.0467 e. The summed E-state index contributed by atoms with van der Waals surface area (Å²) >= 11 is 0. The van der Waals surface area contributed by atoms with Crippen molar-refractivity contribution in [3.05, 3.63) is 249 Å². The molecule has 8 rings (SSSR count). The van der Waals surface area contributed by atoms with Crippen LogP contribution in [0.4, 0.5) is 0 Å². The Hall–Kier alpha value is -5.15. The van der Waals surface area contributed by atoms with Crippen LogP contribution in [0.2, 0.25) is 0 Å². The first-order valence-electron chi connectivity index (χ1n) is 27.1. The summed E-state index contributed by atoms with van der Waals surface area (Å²) in [6, 6.07) is 54.0. The van der Waals surface area contributed by atoms with Gasteiger partial charge in [-0.15, -0.1) is 0 Å². The molecule has 2 aromatic heterocycles. The van der Waals surface area contributed by atoms with Gasteiger partial charge in [0.05, 0.1) is 0 Å². The molecule has 396 valence electrons. The third-order valence-corrected chi connectivity index (χ3v) is 13.5. The van der Waals surface area contributed by atoms with Gasteiger partial charge in [0.15, 0.2) is 0 Å². The predicted octanol–water partition coefficient (Wildman–Crippen LogP) is 18.4. The Morgan fingerprint density at radius 1 is 0.263 bits per heavy atom. The molecule has 0 amide bonds. The Balaban J connectivity index is 0.000000311. The van der Waals surface area contributed by atoms with Crippen molar-refractivity contribution < 1.29 is 52.4 Å². The molecule has 0 saturated carbocycles. The smallest absolute Gasteiger partial charge is 0.0467 e. The summed E-state index contributed by atoms with van der Waals surface area (Å²) < 4.78 is 7.86. The maximum absolute atomic E-state index is 11.5. The number of nitrogens with zero attached hydrogens (tertiary/aromatic N) is 6. The average Bonchev–Trinajstić information content (AvgIpc) is 3.60. The normalized spacial score (nSPS) is 10.9. The number of para-hydroxylation sites is 4. The second kappa shape index (κ2) is 31.3. The quantitative estimate of drug-likeness (QED) is 0.109. The molecule has 0 fully saturated rings. The van der Waals surface area contributed by atoms with Crippen molar-refractivity contribution in [1.82, 2.24) is 18.3 Å². The zero-order valence-corrected chi connectivity index (χ0v) is 53.5. The van der Waals surface area contributed by atoms with Crippen molar-refractivity contribution in [3.8, 4) is 22.7 Å². The Labute approximate surface area is 496 Å². The SMILES string of the molecule is CC(C)c1cccc(C(C)C)c1-n1ccn(-c2c(C(C)C)cccc2C(C)C)c1=[N-].CC(C)c1cccc(C(C)C)c1-n1ccn(-c2c(C(C)C)cccc2C(C)C)c1=[N-].[Zr].[Zr].c1ccc[cH+]cc1.c1ccc[cH+]cc1. The molecule has 8 heteroatoms. The van der Waals surface area contributed by atoms with E-state index in [0.29, 0.717) is 47.3 Å². The molecule has 0 N–H and O–H groups in total. The molecule has 0 aliphatic carbocycles. The zero-order valence-electron chi connectivity index (χ0n) is 48.6. The van der Waals surface area contributed by atoms with Crippen molar-refractivity contribution >= 4 is 0 Å². The summed E-state index contributed by atoms with van der Waals surface area (Å²) in [5.41, 5.74) is 14.9. The molecule has 0 atom stereocenters. The number of aromatic nitrogens is 4. The van der Waals surface area contributed by atoms with Gasteiger partial charge in [0.25, 0.3) is 0 Å². The summed E-state index contributed by atoms with van der Waals surface area (Å²) in [5.74, 6) is 2.91. The monoisotopic (exact) mass is 1170 g/mol. The molecule has 0 unspecified atom stereocenters. The van der Waals surface area contributed by atoms with Crippen molar-refractivity contribution in [2.24, 2.45) is 0 Å². The molecule has 76 heavy (non-hydrogen) atoms. The second-order valence-corrected chi connectivity index (χ2v) is 21.7. The molecular formula is C68H86N6Zr2. The van der Waals surface area contributed by atoms with E-state index in [4.69, 9.17) is 0 Å². The molecule has 0 aliphatic heterocycles. The molecule has 0 spiro atoms. The largest absolute Gasteiger partial charge is 0.374 e. The third kappa shape index (κ3) is 16.4. The predicted molar refractivity (Wildman–Crippen MR) is 318 cm³/mol. The molecule has 0 saturated heterocycles. The van der Waals surface area contributed by atoms with E-state index in [1.807, 2.05) is 128 Å². The summed E-state index contributed by atoms with van der Waals surface area (Å²) in [6.45, 7) is 35.4. The topological polar surface area (TPSA) is 64.3 Å². The molecule has 6 nitrogen and oxygen atoms in total. The van der Waals surface area contributed by atoms with E-state index in [1.54, 1.807) is 0 Å². The number of hydrogen-bond acceptors (Lipinski definition) is 0. The minimum Gasteiger partial charge on any atom is -0.374 e. The van der Waals surface area contributed by atoms with E-state index < -0.39 is 0 Å². The van der Waals surface area contributed by atoms with Gasteiger partial charge in [0, 0.05) is 149 Å². The minimum absolute atomic E-state index is 0. The minimum atomic E-state index is 0. The maximum atomic E-state index is 11.5. The summed E-state index contributed by atoms with van der Waals surface area (Å²) in [7, 11) is 0. The fraction of sp³-hybridized carbons (Fsp3) is 0.353. The molecule has 8 aromatic rings. The molecular weight excluding hydrogens is 1080 g/mol. The summed E-state index contributed by atoms with van der Waals surface area (Å²) in [6.07, 6.45) is 8.01. The van der Waals surface area contributed by atoms with Crippen LogP contribution in [0.5, 0.6) is 0 Å². The van der Waals surface area contributed by atoms with Gasteiger partial charge >= 0.3 is 0 Å². The van der Waals surface area contributed by atoms with Gasteiger partial charge in [-0.05, 0) is 139 Å². The van der Waals surface area contributed by atoms with E-state index in [1.165, 1.54) is 44.5 Å². The molecule has 0 aliphatic rings. The Kier molecular flexibility index (Phi) is 26.8. The van der Waals surface area contributed by atoms with Gasteiger partial charge < -0.3 is 29.1 Å². The van der Waals surface area contributed by atoms with Crippen LogP contribution in [0.15, 0.2) is 183 Å². The van der Waals surface area contributed by atoms with Crippen LogP contribution in [0, 0.1) is 0 Å². The molecule has 0 bridgehead atoms. The van der Waals surface area contributed by atoms with Crippen molar-refractivity contribution in [2.75, 3.05) is 0 Å². The van der Waals surface area contributed by atoms with E-state index in [9.17, 15) is 10.8 Å². The number of benzene rings is 4. The van der Waals surface area contributed by atoms with Crippen molar-refractivity contribution in [3.63, 3.8) is 0 Å². The van der Waals surface area contributed by atoms with Crippen LogP contribution in [-0.2, 0) is 52.4 Å². The second-order valence-electron chi connectivity index (χ2n) is 21.7. The number of hydrogen-bond donors (Lipinski definition) is 0. The third-order valence-electron chi connectivity index (χ3n) is 13.5. The van der Waals surface area contributed by atoms with Gasteiger partial charge in [0.1, 0.15) is 0 Å². The standard InChI is InChI=1S/2C27H36N3.2C7H7.2Zr/c2*1-17(2)21-11-9-12-22(18(3)4)25(21)29-15-16-30(27(29)28)26-23(19(5)6)13-10-14-24(26)20(7)8;2*1-2-4-6-7-5-3-1;;/h2*9-20H,1-8H3;2*1-7H;;/q2*-1;2*+1;;. The van der Waals surface area contributed by atoms with Gasteiger partial charge in [-0.1, -0.05) is 184 Å². The van der Waals surface area contributed by atoms with E-state index in [2.05, 4.69) is 184 Å². The van der Waals surface area contributed by atoms with E-state index in [0.717, 1.165) is 22.7 Å². The fourth-order valence-corrected chi connectivity index (χ4v) is 9.52. The number of imidazole rings is 2. The van der Waals surface area contributed by atoms with Crippen LogP contribution in [0.1, 0.15) is 203 Å². The van der Waals surface area contributed by atoms with Gasteiger partial charge in [-0.3, -0.25) is 0 Å². The first-order valence-corrected chi connectivity index (χ1v) is 27.1. The first kappa shape index (κ1) is 65.1. The summed E-state index contributed by atoms with van der Waals surface area (Å²) in [4.78, 5) is 0. The van der Waals surface area contributed by atoms with E-state index >= 15 is 0 Å². The Morgan fingerprint density at radius 3 is 0.566 bits per heavy atom. The first-order chi connectivity index (χ1) is 35.3. The van der Waals surface area contributed by atoms with Crippen LogP contribution >= 0.6 is 0 Å². The van der Waals surface area contributed by atoms with Crippen LogP contribution < -0.4 is 11.2 Å². The van der Waals surface area contributed by atoms with Gasteiger partial charge in [-0.2, -0.15) is 0 Å². The summed E-state index contributed by atoms with van der Waals surface area (Å²) in [5, 5.41) is 23.0. The zero-order chi connectivity index (χ0) is 54.2. The average molecular weight is 1170 g/mol. The molecule has 6 aromatic carbocycles. The van der Waals surface area contributed by atoms with Gasteiger partial charge in [0.2, 0.25) is 0 Å².